The molecule has 3 aromatic rings. The van der Waals surface area contributed by atoms with E-state index < -0.39 is 0 Å². The van der Waals surface area contributed by atoms with Gasteiger partial charge >= 0.3 is 0 Å². The van der Waals surface area contributed by atoms with Gasteiger partial charge in [-0.2, -0.15) is 0 Å². The summed E-state index contributed by atoms with van der Waals surface area (Å²) >= 11 is 2.65. The molecule has 0 aliphatic carbocycles. The van der Waals surface area contributed by atoms with Crippen molar-refractivity contribution in [2.75, 3.05) is 11.1 Å². The first-order valence-electron chi connectivity index (χ1n) is 8.10. The van der Waals surface area contributed by atoms with E-state index in [2.05, 4.69) is 25.1 Å². The maximum atomic E-state index is 13.2. The zero-order chi connectivity index (χ0) is 17.2. The van der Waals surface area contributed by atoms with Gasteiger partial charge in [0.2, 0.25) is 5.91 Å². The molecule has 0 saturated carbocycles. The van der Waals surface area contributed by atoms with Crippen molar-refractivity contribution in [1.29, 1.82) is 0 Å². The molecule has 4 rings (SSSR count). The molecule has 1 amide bonds. The lowest BCUT2D eigenvalue weighted by Gasteiger charge is -2.06. The summed E-state index contributed by atoms with van der Waals surface area (Å²) in [4.78, 5) is 16.5. The van der Waals surface area contributed by atoms with Gasteiger partial charge < -0.3 is 9.88 Å². The number of nitrogens with zero attached hydrogens (tertiary/aromatic N) is 4. The van der Waals surface area contributed by atoms with Crippen molar-refractivity contribution >= 4 is 44.4 Å². The number of hydrogen-bond donors (Lipinski definition) is 1. The van der Waals surface area contributed by atoms with E-state index in [1.54, 1.807) is 6.07 Å². The van der Waals surface area contributed by atoms with Crippen LogP contribution in [0.1, 0.15) is 25.1 Å². The van der Waals surface area contributed by atoms with Crippen molar-refractivity contribution in [2.24, 2.45) is 0 Å². The average molecular weight is 377 g/mol. The molecule has 0 spiro atoms. The third-order valence-electron chi connectivity index (χ3n) is 4.00. The van der Waals surface area contributed by atoms with E-state index in [1.807, 2.05) is 0 Å². The van der Waals surface area contributed by atoms with Crippen molar-refractivity contribution in [3.8, 4) is 0 Å². The van der Waals surface area contributed by atoms with Crippen LogP contribution in [0, 0.1) is 5.82 Å². The maximum Gasteiger partial charge on any atom is 0.236 e. The molecule has 1 aliphatic rings. The first-order chi connectivity index (χ1) is 12.2. The highest BCUT2D eigenvalue weighted by molar-refractivity contribution is 7.99. The molecule has 1 N–H and O–H groups in total. The molecule has 6 nitrogen and oxygen atoms in total. The number of thioether (sulfide) groups is 1. The Kier molecular flexibility index (Phi) is 4.67. The minimum Gasteiger partial charge on any atom is -0.306 e. The normalized spacial score (nSPS) is 14.3. The molecule has 0 fully saturated rings. The first kappa shape index (κ1) is 16.5. The van der Waals surface area contributed by atoms with Gasteiger partial charge in [-0.1, -0.05) is 29.5 Å². The Balaban J connectivity index is 1.39. The molecule has 3 heterocycles. The van der Waals surface area contributed by atoms with Gasteiger partial charge in [-0.25, -0.2) is 9.37 Å². The SMILES string of the molecule is O=C(CSc1nnc2n1CCCCC2)Nc1nc2ccc(F)cc2s1. The highest BCUT2D eigenvalue weighted by Crippen LogP contribution is 2.27. The van der Waals surface area contributed by atoms with E-state index in [4.69, 9.17) is 0 Å². The Morgan fingerprint density at radius 3 is 3.16 bits per heavy atom. The number of amides is 1. The fraction of sp³-hybridized carbons (Fsp3) is 0.375. The summed E-state index contributed by atoms with van der Waals surface area (Å²) in [5.41, 5.74) is 0.678. The van der Waals surface area contributed by atoms with Crippen LogP contribution in [0.15, 0.2) is 23.4 Å². The zero-order valence-electron chi connectivity index (χ0n) is 13.4. The number of fused-ring (bicyclic) bond motifs is 2. The molecule has 0 saturated heterocycles. The summed E-state index contributed by atoms with van der Waals surface area (Å²) in [6.07, 6.45) is 4.41. The number of carbonyl (C=O) groups excluding carboxylic acids is 1. The fourth-order valence-electron chi connectivity index (χ4n) is 2.80. The van der Waals surface area contributed by atoms with E-state index in [1.165, 1.54) is 41.7 Å². The highest BCUT2D eigenvalue weighted by Gasteiger charge is 2.16. The standard InChI is InChI=1S/C16H16FN5OS2/c17-10-5-6-11-12(8-10)25-15(18-11)19-14(23)9-24-16-21-20-13-4-2-1-3-7-22(13)16/h5-6,8H,1-4,7,9H2,(H,18,19,23). The number of nitrogens with one attached hydrogen (secondary N) is 1. The molecule has 130 valence electrons. The van der Waals surface area contributed by atoms with Gasteiger partial charge in [0.1, 0.15) is 11.6 Å². The minimum atomic E-state index is -0.308. The second-order valence-electron chi connectivity index (χ2n) is 5.83. The van der Waals surface area contributed by atoms with E-state index in [0.717, 1.165) is 36.8 Å². The second kappa shape index (κ2) is 7.09. The number of benzene rings is 1. The van der Waals surface area contributed by atoms with Crippen molar-refractivity contribution in [1.82, 2.24) is 19.7 Å². The monoisotopic (exact) mass is 377 g/mol. The summed E-state index contributed by atoms with van der Waals surface area (Å²) in [6.45, 7) is 0.912. The van der Waals surface area contributed by atoms with Crippen LogP contribution in [-0.2, 0) is 17.8 Å². The average Bonchev–Trinajstić information content (AvgIpc) is 3.08. The van der Waals surface area contributed by atoms with Crippen LogP contribution in [-0.4, -0.2) is 31.4 Å². The molecule has 0 unspecified atom stereocenters. The molecule has 0 bridgehead atoms. The van der Waals surface area contributed by atoms with Crippen molar-refractivity contribution < 1.29 is 9.18 Å². The van der Waals surface area contributed by atoms with Crippen LogP contribution in [0.3, 0.4) is 0 Å². The van der Waals surface area contributed by atoms with Gasteiger partial charge in [-0.15, -0.1) is 10.2 Å². The number of rotatable bonds is 4. The van der Waals surface area contributed by atoms with E-state index in [-0.39, 0.29) is 17.5 Å². The van der Waals surface area contributed by atoms with Gasteiger partial charge in [-0.05, 0) is 31.0 Å². The summed E-state index contributed by atoms with van der Waals surface area (Å²) in [6, 6.07) is 4.39. The van der Waals surface area contributed by atoms with Crippen LogP contribution in [0.4, 0.5) is 9.52 Å². The number of thiazole rings is 1. The number of aromatic nitrogens is 4. The number of aryl methyl sites for hydroxylation is 1. The third-order valence-corrected chi connectivity index (χ3v) is 5.91. The van der Waals surface area contributed by atoms with Gasteiger partial charge in [0.05, 0.1) is 16.0 Å². The largest absolute Gasteiger partial charge is 0.306 e. The molecule has 0 radical (unpaired) electrons. The maximum absolute atomic E-state index is 13.2. The van der Waals surface area contributed by atoms with Gasteiger partial charge in [-0.3, -0.25) is 4.79 Å². The molecule has 1 aliphatic heterocycles. The minimum absolute atomic E-state index is 0.157. The van der Waals surface area contributed by atoms with Crippen LogP contribution in [0.25, 0.3) is 10.2 Å². The quantitative estimate of drug-likeness (QED) is 0.705. The number of anilines is 1. The second-order valence-corrected chi connectivity index (χ2v) is 7.80. The lowest BCUT2D eigenvalue weighted by molar-refractivity contribution is -0.113. The first-order valence-corrected chi connectivity index (χ1v) is 9.90. The van der Waals surface area contributed by atoms with Crippen molar-refractivity contribution in [3.63, 3.8) is 0 Å². The lowest BCUT2D eigenvalue weighted by Crippen LogP contribution is -2.14. The van der Waals surface area contributed by atoms with Gasteiger partial charge in [0, 0.05) is 13.0 Å². The molecular weight excluding hydrogens is 361 g/mol. The van der Waals surface area contributed by atoms with Crippen LogP contribution < -0.4 is 5.32 Å². The Morgan fingerprint density at radius 2 is 2.24 bits per heavy atom. The summed E-state index contributed by atoms with van der Waals surface area (Å²) in [5.74, 6) is 0.781. The molecular formula is C16H16FN5OS2. The van der Waals surface area contributed by atoms with Gasteiger partial charge in [0.15, 0.2) is 10.3 Å². The van der Waals surface area contributed by atoms with E-state index in [9.17, 15) is 9.18 Å². The smallest absolute Gasteiger partial charge is 0.236 e. The fourth-order valence-corrected chi connectivity index (χ4v) is 4.49. The number of carbonyl (C=O) groups is 1. The molecule has 9 heteroatoms. The number of hydrogen-bond acceptors (Lipinski definition) is 6. The van der Waals surface area contributed by atoms with Crippen LogP contribution >= 0.6 is 23.1 Å². The Labute approximate surface area is 151 Å². The Hall–Kier alpha value is -2.00. The molecule has 25 heavy (non-hydrogen) atoms. The van der Waals surface area contributed by atoms with Crippen LogP contribution in [0.2, 0.25) is 0 Å². The van der Waals surface area contributed by atoms with Gasteiger partial charge in [0.25, 0.3) is 0 Å². The highest BCUT2D eigenvalue weighted by atomic mass is 32.2. The van der Waals surface area contributed by atoms with Crippen molar-refractivity contribution in [3.05, 3.63) is 29.8 Å². The van der Waals surface area contributed by atoms with E-state index >= 15 is 0 Å². The summed E-state index contributed by atoms with van der Waals surface area (Å²) in [7, 11) is 0. The predicted molar refractivity (Wildman–Crippen MR) is 96.5 cm³/mol. The topological polar surface area (TPSA) is 72.7 Å². The zero-order valence-corrected chi connectivity index (χ0v) is 15.0. The Bertz CT molecular complexity index is 923. The van der Waals surface area contributed by atoms with Crippen molar-refractivity contribution in [2.45, 2.75) is 37.4 Å². The Morgan fingerprint density at radius 1 is 1.32 bits per heavy atom. The molecule has 0 atom stereocenters. The molecule has 2 aromatic heterocycles. The summed E-state index contributed by atoms with van der Waals surface area (Å²) < 4.78 is 16.1. The van der Waals surface area contributed by atoms with E-state index in [0.29, 0.717) is 15.3 Å². The predicted octanol–water partition coefficient (Wildman–Crippen LogP) is 3.48. The summed E-state index contributed by atoms with van der Waals surface area (Å²) in [5, 5.41) is 12.5. The number of halogens is 1. The molecule has 1 aromatic carbocycles. The van der Waals surface area contributed by atoms with Crippen LogP contribution in [0.5, 0.6) is 0 Å². The third kappa shape index (κ3) is 3.67. The lowest BCUT2D eigenvalue weighted by atomic mass is 10.2.